The summed E-state index contributed by atoms with van der Waals surface area (Å²) in [5, 5.41) is 3.01. The standard InChI is InChI=1S/C16H24N2O/c1-12-11-14(7-8-15(12)17)16(19)18-10-9-13-5-3-2-4-6-13/h7-8,11,13H,2-6,9-10,17H2,1H3,(H,18,19). The third-order valence-electron chi connectivity index (χ3n) is 4.09. The molecule has 0 spiro atoms. The molecule has 1 amide bonds. The average molecular weight is 260 g/mol. The molecule has 3 nitrogen and oxygen atoms in total. The summed E-state index contributed by atoms with van der Waals surface area (Å²) in [4.78, 5) is 12.0. The number of nitrogens with one attached hydrogen (secondary N) is 1. The van der Waals surface area contributed by atoms with Crippen LogP contribution in [0.5, 0.6) is 0 Å². The van der Waals surface area contributed by atoms with E-state index in [-0.39, 0.29) is 5.91 Å². The number of anilines is 1. The molecule has 104 valence electrons. The van der Waals surface area contributed by atoms with Crippen molar-refractivity contribution >= 4 is 11.6 Å². The Morgan fingerprint density at radius 2 is 2.05 bits per heavy atom. The second-order valence-corrected chi connectivity index (χ2v) is 5.62. The van der Waals surface area contributed by atoms with Gasteiger partial charge in [0.15, 0.2) is 0 Å². The van der Waals surface area contributed by atoms with Crippen LogP contribution in [-0.4, -0.2) is 12.5 Å². The van der Waals surface area contributed by atoms with Crippen LogP contribution in [0.1, 0.15) is 54.4 Å². The van der Waals surface area contributed by atoms with E-state index in [0.29, 0.717) is 5.56 Å². The average Bonchev–Trinajstić information content (AvgIpc) is 2.43. The molecule has 1 aliphatic rings. The molecule has 3 heteroatoms. The van der Waals surface area contributed by atoms with Crippen molar-refractivity contribution in [2.24, 2.45) is 5.92 Å². The Labute approximate surface area is 115 Å². The van der Waals surface area contributed by atoms with Gasteiger partial charge in [-0.05, 0) is 43.0 Å². The Morgan fingerprint density at radius 1 is 1.32 bits per heavy atom. The third-order valence-corrected chi connectivity index (χ3v) is 4.09. The normalized spacial score (nSPS) is 16.3. The van der Waals surface area contributed by atoms with E-state index in [1.165, 1.54) is 32.1 Å². The lowest BCUT2D eigenvalue weighted by Gasteiger charge is -2.21. The fourth-order valence-corrected chi connectivity index (χ4v) is 2.78. The number of carbonyl (C=O) groups is 1. The van der Waals surface area contributed by atoms with Crippen molar-refractivity contribution in [1.82, 2.24) is 5.32 Å². The maximum atomic E-state index is 12.0. The number of hydrogen-bond acceptors (Lipinski definition) is 2. The molecule has 0 heterocycles. The summed E-state index contributed by atoms with van der Waals surface area (Å²) in [5.74, 6) is 0.820. The molecule has 3 N–H and O–H groups in total. The van der Waals surface area contributed by atoms with Crippen molar-refractivity contribution in [2.75, 3.05) is 12.3 Å². The molecule has 1 aromatic carbocycles. The SMILES string of the molecule is Cc1cc(C(=O)NCCC2CCCCC2)ccc1N. The second kappa shape index (κ2) is 6.60. The number of nitrogens with two attached hydrogens (primary N) is 1. The highest BCUT2D eigenvalue weighted by molar-refractivity contribution is 5.94. The lowest BCUT2D eigenvalue weighted by molar-refractivity contribution is 0.0950. The maximum Gasteiger partial charge on any atom is 0.251 e. The monoisotopic (exact) mass is 260 g/mol. The fraction of sp³-hybridized carbons (Fsp3) is 0.562. The highest BCUT2D eigenvalue weighted by Gasteiger charge is 2.13. The van der Waals surface area contributed by atoms with Gasteiger partial charge in [0.2, 0.25) is 0 Å². The molecule has 1 aliphatic carbocycles. The van der Waals surface area contributed by atoms with Crippen LogP contribution < -0.4 is 11.1 Å². The Bertz CT molecular complexity index is 436. The van der Waals surface area contributed by atoms with Crippen LogP contribution in [0.2, 0.25) is 0 Å². The molecule has 1 saturated carbocycles. The molecule has 1 aromatic rings. The zero-order valence-corrected chi connectivity index (χ0v) is 11.7. The van der Waals surface area contributed by atoms with Crippen LogP contribution in [-0.2, 0) is 0 Å². The van der Waals surface area contributed by atoms with Crippen LogP contribution in [0.25, 0.3) is 0 Å². The smallest absolute Gasteiger partial charge is 0.251 e. The van der Waals surface area contributed by atoms with Crippen molar-refractivity contribution in [3.63, 3.8) is 0 Å². The first kappa shape index (κ1) is 13.9. The van der Waals surface area contributed by atoms with Gasteiger partial charge >= 0.3 is 0 Å². The van der Waals surface area contributed by atoms with E-state index >= 15 is 0 Å². The number of benzene rings is 1. The Morgan fingerprint density at radius 3 is 2.74 bits per heavy atom. The van der Waals surface area contributed by atoms with Crippen molar-refractivity contribution in [1.29, 1.82) is 0 Å². The van der Waals surface area contributed by atoms with Crippen LogP contribution in [0.3, 0.4) is 0 Å². The minimum atomic E-state index is 0.0129. The van der Waals surface area contributed by atoms with E-state index in [9.17, 15) is 4.79 Å². The van der Waals surface area contributed by atoms with Crippen molar-refractivity contribution in [3.05, 3.63) is 29.3 Å². The molecule has 0 saturated heterocycles. The summed E-state index contributed by atoms with van der Waals surface area (Å²) < 4.78 is 0. The molecule has 0 unspecified atom stereocenters. The number of aryl methyl sites for hydroxylation is 1. The van der Waals surface area contributed by atoms with Crippen molar-refractivity contribution in [3.8, 4) is 0 Å². The summed E-state index contributed by atoms with van der Waals surface area (Å²) >= 11 is 0. The van der Waals surface area contributed by atoms with E-state index in [2.05, 4.69) is 5.32 Å². The third kappa shape index (κ3) is 3.98. The molecule has 19 heavy (non-hydrogen) atoms. The van der Waals surface area contributed by atoms with E-state index < -0.39 is 0 Å². The van der Waals surface area contributed by atoms with Crippen LogP contribution in [0.15, 0.2) is 18.2 Å². The maximum absolute atomic E-state index is 12.0. The van der Waals surface area contributed by atoms with Crippen LogP contribution in [0.4, 0.5) is 5.69 Å². The molecule has 0 aliphatic heterocycles. The van der Waals surface area contributed by atoms with Gasteiger partial charge in [-0.15, -0.1) is 0 Å². The van der Waals surface area contributed by atoms with Gasteiger partial charge in [-0.1, -0.05) is 32.1 Å². The summed E-state index contributed by atoms with van der Waals surface area (Å²) in [6, 6.07) is 5.44. The molecule has 1 fully saturated rings. The summed E-state index contributed by atoms with van der Waals surface area (Å²) in [6.45, 7) is 2.71. The lowest BCUT2D eigenvalue weighted by Crippen LogP contribution is -2.26. The zero-order valence-electron chi connectivity index (χ0n) is 11.7. The van der Waals surface area contributed by atoms with E-state index in [0.717, 1.165) is 30.1 Å². The van der Waals surface area contributed by atoms with Crippen molar-refractivity contribution in [2.45, 2.75) is 45.4 Å². The Kier molecular flexibility index (Phi) is 4.83. The van der Waals surface area contributed by atoms with Crippen LogP contribution >= 0.6 is 0 Å². The Balaban J connectivity index is 1.78. The minimum absolute atomic E-state index is 0.0129. The molecule has 0 bridgehead atoms. The summed E-state index contributed by atoms with van der Waals surface area (Å²) in [5.41, 5.74) is 8.15. The molecule has 0 atom stereocenters. The first-order chi connectivity index (χ1) is 9.16. The molecular formula is C16H24N2O. The summed E-state index contributed by atoms with van der Waals surface area (Å²) in [6.07, 6.45) is 7.87. The predicted octanol–water partition coefficient (Wildman–Crippen LogP) is 3.28. The summed E-state index contributed by atoms with van der Waals surface area (Å²) in [7, 11) is 0. The molecule has 0 radical (unpaired) electrons. The van der Waals surface area contributed by atoms with Gasteiger partial charge in [0.1, 0.15) is 0 Å². The van der Waals surface area contributed by atoms with Gasteiger partial charge in [-0.2, -0.15) is 0 Å². The second-order valence-electron chi connectivity index (χ2n) is 5.62. The van der Waals surface area contributed by atoms with Gasteiger partial charge in [0.05, 0.1) is 0 Å². The fourth-order valence-electron chi connectivity index (χ4n) is 2.78. The number of amides is 1. The number of rotatable bonds is 4. The Hall–Kier alpha value is -1.51. The topological polar surface area (TPSA) is 55.1 Å². The van der Waals surface area contributed by atoms with Gasteiger partial charge in [-0.25, -0.2) is 0 Å². The first-order valence-electron chi connectivity index (χ1n) is 7.31. The van der Waals surface area contributed by atoms with Gasteiger partial charge < -0.3 is 11.1 Å². The molecule has 0 aromatic heterocycles. The first-order valence-corrected chi connectivity index (χ1v) is 7.31. The number of nitrogen functional groups attached to an aromatic ring is 1. The quantitative estimate of drug-likeness (QED) is 0.816. The highest BCUT2D eigenvalue weighted by atomic mass is 16.1. The highest BCUT2D eigenvalue weighted by Crippen LogP contribution is 2.25. The lowest BCUT2D eigenvalue weighted by atomic mass is 9.87. The van der Waals surface area contributed by atoms with Crippen LogP contribution in [0, 0.1) is 12.8 Å². The molecular weight excluding hydrogens is 236 g/mol. The van der Waals surface area contributed by atoms with E-state index in [1.54, 1.807) is 12.1 Å². The van der Waals surface area contributed by atoms with Gasteiger partial charge in [-0.3, -0.25) is 4.79 Å². The largest absolute Gasteiger partial charge is 0.399 e. The van der Waals surface area contributed by atoms with Crippen molar-refractivity contribution < 1.29 is 4.79 Å². The zero-order chi connectivity index (χ0) is 13.7. The number of carbonyl (C=O) groups excluding carboxylic acids is 1. The molecule has 2 rings (SSSR count). The number of hydrogen-bond donors (Lipinski definition) is 2. The van der Waals surface area contributed by atoms with E-state index in [4.69, 9.17) is 5.73 Å². The van der Waals surface area contributed by atoms with Gasteiger partial charge in [0, 0.05) is 17.8 Å². The predicted molar refractivity (Wildman–Crippen MR) is 79.1 cm³/mol. The van der Waals surface area contributed by atoms with E-state index in [1.807, 2.05) is 13.0 Å². The van der Waals surface area contributed by atoms with Gasteiger partial charge in [0.25, 0.3) is 5.91 Å². The minimum Gasteiger partial charge on any atom is -0.399 e.